The number of aliphatic carboxylic acids is 2. The molecule has 2 aromatic carbocycles. The summed E-state index contributed by atoms with van der Waals surface area (Å²) in [6, 6.07) is 13.5. The Balaban J connectivity index is 0.000000255. The molecule has 0 aromatic heterocycles. The summed E-state index contributed by atoms with van der Waals surface area (Å²) in [5, 5.41) is 23.3. The monoisotopic (exact) mass is 596 g/mol. The SMILES string of the molecule is CC1CCCCC1C(=O)O.CNc1ccc(Oc2ccc(NC=O)c(CC(C)C)c2)cc1.O=CC1(C(=O)O)CCCCC1. The van der Waals surface area contributed by atoms with Crippen molar-refractivity contribution >= 4 is 36.0 Å². The van der Waals surface area contributed by atoms with Crippen molar-refractivity contribution in [3.63, 3.8) is 0 Å². The Morgan fingerprint density at radius 2 is 1.58 bits per heavy atom. The molecule has 0 spiro atoms. The van der Waals surface area contributed by atoms with Crippen molar-refractivity contribution in [1.29, 1.82) is 0 Å². The van der Waals surface area contributed by atoms with Crippen LogP contribution >= 0.6 is 0 Å². The predicted octanol–water partition coefficient (Wildman–Crippen LogP) is 7.41. The van der Waals surface area contributed by atoms with Gasteiger partial charge in [-0.2, -0.15) is 0 Å². The fourth-order valence-corrected chi connectivity index (χ4v) is 5.52. The van der Waals surface area contributed by atoms with Gasteiger partial charge in [-0.25, -0.2) is 0 Å². The van der Waals surface area contributed by atoms with Gasteiger partial charge in [-0.15, -0.1) is 0 Å². The van der Waals surface area contributed by atoms with Crippen molar-refractivity contribution in [3.8, 4) is 11.5 Å². The van der Waals surface area contributed by atoms with Gasteiger partial charge in [0, 0.05) is 18.4 Å². The third kappa shape index (κ3) is 11.4. The highest BCUT2D eigenvalue weighted by molar-refractivity contribution is 5.91. The number of nitrogens with one attached hydrogen (secondary N) is 2. The van der Waals surface area contributed by atoms with Crippen LogP contribution in [0.5, 0.6) is 11.5 Å². The normalized spacial score (nSPS) is 18.9. The van der Waals surface area contributed by atoms with Crippen LogP contribution < -0.4 is 15.4 Å². The number of carboxylic acid groups (broad SMARTS) is 2. The number of hydrogen-bond acceptors (Lipinski definition) is 6. The second-order valence-electron chi connectivity index (χ2n) is 11.9. The van der Waals surface area contributed by atoms with Crippen molar-refractivity contribution < 1.29 is 34.1 Å². The van der Waals surface area contributed by atoms with Crippen molar-refractivity contribution in [1.82, 2.24) is 0 Å². The topological polar surface area (TPSA) is 142 Å². The molecule has 2 atom stereocenters. The second kappa shape index (κ2) is 17.9. The lowest BCUT2D eigenvalue weighted by Gasteiger charge is -2.26. The molecular formula is C34H48N2O7. The van der Waals surface area contributed by atoms with Gasteiger partial charge in [-0.1, -0.05) is 52.9 Å². The highest BCUT2D eigenvalue weighted by Crippen LogP contribution is 2.34. The van der Waals surface area contributed by atoms with Crippen molar-refractivity contribution in [2.24, 2.45) is 23.2 Å². The van der Waals surface area contributed by atoms with E-state index in [-0.39, 0.29) is 5.92 Å². The van der Waals surface area contributed by atoms with Crippen LogP contribution in [0.15, 0.2) is 42.5 Å². The quantitative estimate of drug-likeness (QED) is 0.164. The van der Waals surface area contributed by atoms with E-state index in [9.17, 15) is 19.2 Å². The number of ether oxygens (including phenoxy) is 1. The van der Waals surface area contributed by atoms with Crippen LogP contribution in [0.3, 0.4) is 0 Å². The number of carbonyl (C=O) groups excluding carboxylic acids is 2. The molecule has 0 radical (unpaired) electrons. The average Bonchev–Trinajstić information content (AvgIpc) is 2.99. The van der Waals surface area contributed by atoms with Crippen molar-refractivity contribution in [3.05, 3.63) is 48.0 Å². The summed E-state index contributed by atoms with van der Waals surface area (Å²) < 4.78 is 5.89. The Labute approximate surface area is 255 Å². The summed E-state index contributed by atoms with van der Waals surface area (Å²) in [5.74, 6) is 0.826. The van der Waals surface area contributed by atoms with E-state index in [0.29, 0.717) is 37.4 Å². The van der Waals surface area contributed by atoms with Gasteiger partial charge < -0.3 is 30.4 Å². The molecule has 0 heterocycles. The number of rotatable bonds is 10. The third-order valence-electron chi connectivity index (χ3n) is 8.12. The highest BCUT2D eigenvalue weighted by atomic mass is 16.5. The number of carboxylic acids is 2. The Morgan fingerprint density at radius 3 is 2.05 bits per heavy atom. The van der Waals surface area contributed by atoms with Crippen LogP contribution in [0, 0.1) is 23.2 Å². The van der Waals surface area contributed by atoms with Gasteiger partial charge in [0.1, 0.15) is 23.2 Å². The molecule has 2 aliphatic carbocycles. The van der Waals surface area contributed by atoms with E-state index in [4.69, 9.17) is 14.9 Å². The molecule has 9 nitrogen and oxygen atoms in total. The number of carbonyl (C=O) groups is 4. The molecule has 4 rings (SSSR count). The molecule has 1 amide bonds. The van der Waals surface area contributed by atoms with Gasteiger partial charge in [0.2, 0.25) is 6.41 Å². The van der Waals surface area contributed by atoms with Crippen molar-refractivity contribution in [2.75, 3.05) is 17.7 Å². The van der Waals surface area contributed by atoms with Crippen LogP contribution in [0.4, 0.5) is 11.4 Å². The summed E-state index contributed by atoms with van der Waals surface area (Å²) >= 11 is 0. The third-order valence-corrected chi connectivity index (χ3v) is 8.12. The summed E-state index contributed by atoms with van der Waals surface area (Å²) in [7, 11) is 1.88. The molecule has 2 fully saturated rings. The zero-order valence-electron chi connectivity index (χ0n) is 25.9. The average molecular weight is 597 g/mol. The molecule has 9 heteroatoms. The number of amides is 1. The molecule has 0 aliphatic heterocycles. The van der Waals surface area contributed by atoms with Crippen molar-refractivity contribution in [2.45, 2.75) is 85.0 Å². The second-order valence-corrected chi connectivity index (χ2v) is 11.9. The largest absolute Gasteiger partial charge is 0.481 e. The molecule has 236 valence electrons. The van der Waals surface area contributed by atoms with Gasteiger partial charge in [-0.3, -0.25) is 14.4 Å². The molecule has 0 saturated heterocycles. The van der Waals surface area contributed by atoms with E-state index in [2.05, 4.69) is 24.5 Å². The lowest BCUT2D eigenvalue weighted by Crippen LogP contribution is -2.34. The smallest absolute Gasteiger partial charge is 0.316 e. The zero-order valence-corrected chi connectivity index (χ0v) is 25.9. The lowest BCUT2D eigenvalue weighted by atomic mass is 9.75. The van der Waals surface area contributed by atoms with Gasteiger partial charge in [0.25, 0.3) is 0 Å². The first-order chi connectivity index (χ1) is 20.5. The van der Waals surface area contributed by atoms with Crippen LogP contribution in [-0.2, 0) is 25.6 Å². The molecule has 2 saturated carbocycles. The molecule has 2 aliphatic rings. The molecule has 2 aromatic rings. The zero-order chi connectivity index (χ0) is 31.8. The minimum Gasteiger partial charge on any atom is -0.481 e. The molecular weight excluding hydrogens is 548 g/mol. The summed E-state index contributed by atoms with van der Waals surface area (Å²) in [5.41, 5.74) is 1.91. The van der Waals surface area contributed by atoms with Gasteiger partial charge in [-0.05, 0) is 92.0 Å². The van der Waals surface area contributed by atoms with Crippen LogP contribution in [0.2, 0.25) is 0 Å². The van der Waals surface area contributed by atoms with Crippen LogP contribution in [0.1, 0.15) is 84.1 Å². The first-order valence-corrected chi connectivity index (χ1v) is 15.3. The maximum absolute atomic E-state index is 10.7. The lowest BCUT2D eigenvalue weighted by molar-refractivity contribution is -0.153. The summed E-state index contributed by atoms with van der Waals surface area (Å²) in [4.78, 5) is 42.5. The Hall–Kier alpha value is -3.88. The van der Waals surface area contributed by atoms with E-state index < -0.39 is 17.4 Å². The number of aldehydes is 1. The highest BCUT2D eigenvalue weighted by Gasteiger charge is 2.39. The Bertz CT molecular complexity index is 1170. The number of anilines is 2. The van der Waals surface area contributed by atoms with Crippen LogP contribution in [-0.4, -0.2) is 41.9 Å². The summed E-state index contributed by atoms with van der Waals surface area (Å²) in [6.07, 6.45) is 10.3. The standard InChI is InChI=1S/C18H22N2O2.C8H12O3.C8H14O2/c1-13(2)10-14-11-17(8-9-18(14)20-12-21)22-16-6-4-15(19-3)5-7-16;9-6-8(7(10)11)4-2-1-3-5-8;1-6-4-2-3-5-7(6)8(9)10/h4-9,11-13,19H,10H2,1-3H3,(H,20,21);6H,1-5H2,(H,10,11);6-7H,2-5H2,1H3,(H,9,10). The Kier molecular flexibility index (Phi) is 14.7. The van der Waals surface area contributed by atoms with E-state index in [1.807, 2.05) is 56.4 Å². The minimum absolute atomic E-state index is 0.0613. The minimum atomic E-state index is -1.04. The van der Waals surface area contributed by atoms with Gasteiger partial charge >= 0.3 is 11.9 Å². The molecule has 43 heavy (non-hydrogen) atoms. The van der Waals surface area contributed by atoms with Gasteiger partial charge in [0.15, 0.2) is 0 Å². The number of hydrogen-bond donors (Lipinski definition) is 4. The van der Waals surface area contributed by atoms with E-state index in [1.165, 1.54) is 6.42 Å². The first kappa shape index (κ1) is 35.3. The van der Waals surface area contributed by atoms with E-state index >= 15 is 0 Å². The first-order valence-electron chi connectivity index (χ1n) is 15.3. The van der Waals surface area contributed by atoms with Gasteiger partial charge in [0.05, 0.1) is 5.92 Å². The van der Waals surface area contributed by atoms with E-state index in [0.717, 1.165) is 73.4 Å². The molecule has 2 unspecified atom stereocenters. The van der Waals surface area contributed by atoms with Crippen LogP contribution in [0.25, 0.3) is 0 Å². The molecule has 4 N–H and O–H groups in total. The fourth-order valence-electron chi connectivity index (χ4n) is 5.52. The maximum Gasteiger partial charge on any atom is 0.316 e. The Morgan fingerprint density at radius 1 is 0.953 bits per heavy atom. The fraction of sp³-hybridized carbons (Fsp3) is 0.529. The predicted molar refractivity (Wildman–Crippen MR) is 169 cm³/mol. The summed E-state index contributed by atoms with van der Waals surface area (Å²) in [6.45, 7) is 6.33. The molecule has 0 bridgehead atoms. The number of benzene rings is 2. The maximum atomic E-state index is 10.7. The van der Waals surface area contributed by atoms with E-state index in [1.54, 1.807) is 0 Å².